The Bertz CT molecular complexity index is 1040. The van der Waals surface area contributed by atoms with Gasteiger partial charge in [0.25, 0.3) is 0 Å². The van der Waals surface area contributed by atoms with E-state index in [0.717, 1.165) is 29.9 Å². The molecule has 1 N–H and O–H groups in total. The molecule has 1 aromatic carbocycles. The van der Waals surface area contributed by atoms with Gasteiger partial charge in [0.2, 0.25) is 11.8 Å². The van der Waals surface area contributed by atoms with E-state index >= 15 is 0 Å². The molecule has 4 rings (SSSR count). The van der Waals surface area contributed by atoms with Gasteiger partial charge in [-0.3, -0.25) is 19.3 Å². The highest BCUT2D eigenvalue weighted by molar-refractivity contribution is 8.00. The van der Waals surface area contributed by atoms with Gasteiger partial charge >= 0.3 is 0 Å². The van der Waals surface area contributed by atoms with Crippen LogP contribution in [0.25, 0.3) is 0 Å². The lowest BCUT2D eigenvalue weighted by Crippen LogP contribution is -2.39. The fraction of sp³-hybridized carbons (Fsp3) is 0.333. The summed E-state index contributed by atoms with van der Waals surface area (Å²) >= 11 is 1.47. The van der Waals surface area contributed by atoms with Gasteiger partial charge in [0, 0.05) is 43.2 Å². The van der Waals surface area contributed by atoms with Crippen molar-refractivity contribution >= 4 is 29.3 Å². The van der Waals surface area contributed by atoms with Gasteiger partial charge in [0.05, 0.1) is 23.7 Å². The van der Waals surface area contributed by atoms with Crippen LogP contribution in [0.2, 0.25) is 0 Å². The van der Waals surface area contributed by atoms with Crippen molar-refractivity contribution in [3.05, 3.63) is 72.8 Å². The normalized spacial score (nSPS) is 15.3. The van der Waals surface area contributed by atoms with Crippen LogP contribution in [-0.2, 0) is 27.4 Å². The standard InChI is InChI=1S/C24H27N5O3S/c30-23(18-33-22-6-2-1-3-7-22)27-20-13-26-29(15-20)17-24(31)28(16-21-5-4-12-32-21)14-19-8-10-25-11-9-19/h1-3,6-11,13,15,21H,4-5,12,14,16-18H2,(H,27,30)/t21-/m1/s1. The lowest BCUT2D eigenvalue weighted by Gasteiger charge is -2.25. The quantitative estimate of drug-likeness (QED) is 0.463. The maximum absolute atomic E-state index is 13.1. The molecule has 0 spiro atoms. The van der Waals surface area contributed by atoms with Crippen molar-refractivity contribution in [2.45, 2.75) is 36.9 Å². The molecule has 3 heterocycles. The van der Waals surface area contributed by atoms with Crippen LogP contribution in [0.4, 0.5) is 5.69 Å². The first kappa shape index (κ1) is 23.0. The summed E-state index contributed by atoms with van der Waals surface area (Å²) in [5.41, 5.74) is 1.59. The molecule has 3 aromatic rings. The molecule has 0 radical (unpaired) electrons. The smallest absolute Gasteiger partial charge is 0.244 e. The maximum atomic E-state index is 13.1. The van der Waals surface area contributed by atoms with Crippen molar-refractivity contribution in [2.75, 3.05) is 24.2 Å². The zero-order valence-electron chi connectivity index (χ0n) is 18.3. The molecule has 172 valence electrons. The number of carbonyl (C=O) groups excluding carboxylic acids is 2. The number of benzene rings is 1. The molecule has 1 saturated heterocycles. The van der Waals surface area contributed by atoms with Gasteiger partial charge in [-0.05, 0) is 42.7 Å². The van der Waals surface area contributed by atoms with Gasteiger partial charge in [-0.15, -0.1) is 11.8 Å². The molecule has 1 aliphatic rings. The summed E-state index contributed by atoms with van der Waals surface area (Å²) in [4.78, 5) is 32.2. The third kappa shape index (κ3) is 7.16. The van der Waals surface area contributed by atoms with Crippen LogP contribution in [-0.4, -0.2) is 56.5 Å². The predicted octanol–water partition coefficient (Wildman–Crippen LogP) is 3.22. The number of pyridine rings is 1. The number of hydrogen-bond acceptors (Lipinski definition) is 6. The minimum atomic E-state index is -0.118. The van der Waals surface area contributed by atoms with Crippen LogP contribution in [0.5, 0.6) is 0 Å². The second kappa shape index (κ2) is 11.6. The summed E-state index contributed by atoms with van der Waals surface area (Å²) in [5.74, 6) is 0.130. The minimum absolute atomic E-state index is 0.0529. The third-order valence-electron chi connectivity index (χ3n) is 5.25. The van der Waals surface area contributed by atoms with Crippen LogP contribution in [0, 0.1) is 0 Å². The Labute approximate surface area is 197 Å². The summed E-state index contributed by atoms with van der Waals surface area (Å²) in [7, 11) is 0. The number of hydrogen-bond donors (Lipinski definition) is 1. The molecule has 2 amide bonds. The van der Waals surface area contributed by atoms with Gasteiger partial charge in [-0.1, -0.05) is 18.2 Å². The minimum Gasteiger partial charge on any atom is -0.376 e. The van der Waals surface area contributed by atoms with E-state index in [1.165, 1.54) is 11.8 Å². The van der Waals surface area contributed by atoms with Gasteiger partial charge in [0.15, 0.2) is 0 Å². The Kier molecular flexibility index (Phi) is 8.10. The van der Waals surface area contributed by atoms with Crippen LogP contribution in [0.15, 0.2) is 72.1 Å². The average Bonchev–Trinajstić information content (AvgIpc) is 3.51. The van der Waals surface area contributed by atoms with Crippen molar-refractivity contribution in [3.8, 4) is 0 Å². The molecular formula is C24H27N5O3S. The highest BCUT2D eigenvalue weighted by Crippen LogP contribution is 2.18. The van der Waals surface area contributed by atoms with E-state index in [2.05, 4.69) is 15.4 Å². The molecule has 0 bridgehead atoms. The number of ether oxygens (including phenoxy) is 1. The van der Waals surface area contributed by atoms with E-state index in [1.807, 2.05) is 47.4 Å². The third-order valence-corrected chi connectivity index (χ3v) is 6.26. The number of thioether (sulfide) groups is 1. The van der Waals surface area contributed by atoms with E-state index in [9.17, 15) is 9.59 Å². The lowest BCUT2D eigenvalue weighted by atomic mass is 10.2. The summed E-state index contributed by atoms with van der Waals surface area (Å²) < 4.78 is 7.30. The second-order valence-corrected chi connectivity index (χ2v) is 8.89. The van der Waals surface area contributed by atoms with Gasteiger partial charge < -0.3 is 15.0 Å². The number of amides is 2. The molecule has 0 unspecified atom stereocenters. The first-order valence-electron chi connectivity index (χ1n) is 10.9. The Morgan fingerprint density at radius 1 is 1.18 bits per heavy atom. The largest absolute Gasteiger partial charge is 0.376 e. The Balaban J connectivity index is 1.32. The van der Waals surface area contributed by atoms with Gasteiger partial charge in [-0.25, -0.2) is 0 Å². The first-order chi connectivity index (χ1) is 16.2. The summed E-state index contributed by atoms with van der Waals surface area (Å²) in [5, 5.41) is 7.09. The Morgan fingerprint density at radius 3 is 2.76 bits per heavy atom. The fourth-order valence-electron chi connectivity index (χ4n) is 3.61. The van der Waals surface area contributed by atoms with Crippen molar-refractivity contribution in [3.63, 3.8) is 0 Å². The lowest BCUT2D eigenvalue weighted by molar-refractivity contribution is -0.134. The number of rotatable bonds is 10. The molecule has 0 saturated carbocycles. The summed E-state index contributed by atoms with van der Waals surface area (Å²) in [6.45, 7) is 1.87. The summed E-state index contributed by atoms with van der Waals surface area (Å²) in [6.07, 6.45) is 8.73. The van der Waals surface area contributed by atoms with Crippen LogP contribution in [0.1, 0.15) is 18.4 Å². The van der Waals surface area contributed by atoms with Crippen molar-refractivity contribution < 1.29 is 14.3 Å². The number of nitrogens with one attached hydrogen (secondary N) is 1. The van der Waals surface area contributed by atoms with Crippen molar-refractivity contribution in [2.24, 2.45) is 0 Å². The van der Waals surface area contributed by atoms with Crippen molar-refractivity contribution in [1.82, 2.24) is 19.7 Å². The maximum Gasteiger partial charge on any atom is 0.244 e. The highest BCUT2D eigenvalue weighted by atomic mass is 32.2. The fourth-order valence-corrected chi connectivity index (χ4v) is 4.33. The van der Waals surface area contributed by atoms with Crippen LogP contribution < -0.4 is 5.32 Å². The monoisotopic (exact) mass is 465 g/mol. The van der Waals surface area contributed by atoms with Gasteiger partial charge in [0.1, 0.15) is 6.54 Å². The van der Waals surface area contributed by atoms with E-state index in [0.29, 0.717) is 24.5 Å². The van der Waals surface area contributed by atoms with Crippen molar-refractivity contribution in [1.29, 1.82) is 0 Å². The molecule has 9 heteroatoms. The SMILES string of the molecule is O=C(CSc1ccccc1)Nc1cnn(CC(=O)N(Cc2ccncc2)C[C@H]2CCCO2)c1. The molecule has 33 heavy (non-hydrogen) atoms. The zero-order valence-corrected chi connectivity index (χ0v) is 19.1. The number of anilines is 1. The molecular weight excluding hydrogens is 438 g/mol. The number of nitrogens with zero attached hydrogens (tertiary/aromatic N) is 4. The molecule has 1 aliphatic heterocycles. The molecule has 1 atom stereocenters. The Morgan fingerprint density at radius 2 is 2.00 bits per heavy atom. The Hall–Kier alpha value is -3.17. The van der Waals surface area contributed by atoms with E-state index in [1.54, 1.807) is 29.5 Å². The van der Waals surface area contributed by atoms with Gasteiger partial charge in [-0.2, -0.15) is 5.10 Å². The van der Waals surface area contributed by atoms with E-state index in [-0.39, 0.29) is 24.5 Å². The zero-order chi connectivity index (χ0) is 22.9. The molecule has 8 nitrogen and oxygen atoms in total. The molecule has 0 aliphatic carbocycles. The van der Waals surface area contributed by atoms with E-state index < -0.39 is 0 Å². The molecule has 2 aromatic heterocycles. The molecule has 1 fully saturated rings. The second-order valence-electron chi connectivity index (χ2n) is 7.84. The number of aromatic nitrogens is 3. The van der Waals surface area contributed by atoms with Crippen LogP contribution in [0.3, 0.4) is 0 Å². The topological polar surface area (TPSA) is 89.4 Å². The van der Waals surface area contributed by atoms with Crippen LogP contribution >= 0.6 is 11.8 Å². The van der Waals surface area contributed by atoms with E-state index in [4.69, 9.17) is 4.74 Å². The summed E-state index contributed by atoms with van der Waals surface area (Å²) in [6, 6.07) is 13.6. The average molecular weight is 466 g/mol. The first-order valence-corrected chi connectivity index (χ1v) is 11.9. The number of carbonyl (C=O) groups is 2. The predicted molar refractivity (Wildman–Crippen MR) is 127 cm³/mol. The highest BCUT2D eigenvalue weighted by Gasteiger charge is 2.23.